The van der Waals surface area contributed by atoms with Crippen molar-refractivity contribution < 1.29 is 10.2 Å². The lowest BCUT2D eigenvalue weighted by Gasteiger charge is -2.25. The first-order chi connectivity index (χ1) is 14.9. The van der Waals surface area contributed by atoms with E-state index in [0.717, 1.165) is 73.6 Å². The lowest BCUT2D eigenvalue weighted by molar-refractivity contribution is 0.434. The molecule has 0 aromatic heterocycles. The smallest absolute Gasteiger partial charge is 0.122 e. The van der Waals surface area contributed by atoms with Gasteiger partial charge in [0.05, 0.1) is 0 Å². The summed E-state index contributed by atoms with van der Waals surface area (Å²) in [6.07, 6.45) is 8.17. The second-order valence-electron chi connectivity index (χ2n) is 11.5. The van der Waals surface area contributed by atoms with E-state index in [9.17, 15) is 10.2 Å². The van der Waals surface area contributed by atoms with E-state index < -0.39 is 0 Å². The minimum absolute atomic E-state index is 0.108. The SMILES string of the molecule is CCCCc1cc(CCc2cc(CCCC)cc(C(C)(C)C)c2O)c(O)c(C(C)(C)C)c1. The van der Waals surface area contributed by atoms with Gasteiger partial charge in [0.25, 0.3) is 0 Å². The number of rotatable bonds is 9. The molecule has 0 saturated carbocycles. The molecule has 0 spiro atoms. The van der Waals surface area contributed by atoms with Crippen molar-refractivity contribution in [2.75, 3.05) is 0 Å². The Hall–Kier alpha value is -1.96. The average molecular weight is 439 g/mol. The van der Waals surface area contributed by atoms with Crippen LogP contribution in [0.4, 0.5) is 0 Å². The van der Waals surface area contributed by atoms with E-state index >= 15 is 0 Å². The third kappa shape index (κ3) is 6.77. The molecule has 2 nitrogen and oxygen atoms in total. The molecule has 0 aliphatic heterocycles. The zero-order valence-electron chi connectivity index (χ0n) is 21.9. The third-order valence-corrected chi connectivity index (χ3v) is 6.41. The van der Waals surface area contributed by atoms with Gasteiger partial charge in [-0.3, -0.25) is 0 Å². The minimum Gasteiger partial charge on any atom is -0.507 e. The normalized spacial score (nSPS) is 12.4. The highest BCUT2D eigenvalue weighted by atomic mass is 16.3. The lowest BCUT2D eigenvalue weighted by Crippen LogP contribution is -2.14. The van der Waals surface area contributed by atoms with Gasteiger partial charge in [-0.15, -0.1) is 0 Å². The summed E-state index contributed by atoms with van der Waals surface area (Å²) in [6, 6.07) is 8.75. The molecule has 2 N–H and O–H groups in total. The van der Waals surface area contributed by atoms with Gasteiger partial charge >= 0.3 is 0 Å². The van der Waals surface area contributed by atoms with Crippen LogP contribution in [0.5, 0.6) is 11.5 Å². The number of aryl methyl sites for hydroxylation is 4. The maximum Gasteiger partial charge on any atom is 0.122 e. The molecule has 0 aliphatic carbocycles. The Morgan fingerprint density at radius 3 is 1.19 bits per heavy atom. The summed E-state index contributed by atoms with van der Waals surface area (Å²) in [5, 5.41) is 22.2. The van der Waals surface area contributed by atoms with Gasteiger partial charge in [-0.2, -0.15) is 0 Å². The average Bonchev–Trinajstić information content (AvgIpc) is 2.70. The predicted molar refractivity (Wildman–Crippen MR) is 138 cm³/mol. The summed E-state index contributed by atoms with van der Waals surface area (Å²) in [5.74, 6) is 0.853. The van der Waals surface area contributed by atoms with E-state index in [-0.39, 0.29) is 10.8 Å². The zero-order chi connectivity index (χ0) is 24.1. The van der Waals surface area contributed by atoms with Crippen molar-refractivity contribution >= 4 is 0 Å². The van der Waals surface area contributed by atoms with Gasteiger partial charge in [-0.25, -0.2) is 0 Å². The largest absolute Gasteiger partial charge is 0.507 e. The first-order valence-electron chi connectivity index (χ1n) is 12.6. The van der Waals surface area contributed by atoms with Gasteiger partial charge in [0, 0.05) is 0 Å². The van der Waals surface area contributed by atoms with E-state index in [1.165, 1.54) is 11.1 Å². The highest BCUT2D eigenvalue weighted by Gasteiger charge is 2.23. The Balaban J connectivity index is 2.44. The molecule has 178 valence electrons. The van der Waals surface area contributed by atoms with Crippen molar-refractivity contribution in [3.05, 3.63) is 57.6 Å². The summed E-state index contributed by atoms with van der Waals surface area (Å²) in [7, 11) is 0. The van der Waals surface area contributed by atoms with Crippen LogP contribution in [0.15, 0.2) is 24.3 Å². The molecular weight excluding hydrogens is 392 g/mol. The molecule has 0 radical (unpaired) electrons. The number of phenolic OH excluding ortho intramolecular Hbond substituents is 2. The molecule has 2 aromatic carbocycles. The first kappa shape index (κ1) is 26.3. The molecular formula is C30H46O2. The lowest BCUT2D eigenvalue weighted by atomic mass is 9.81. The fraction of sp³-hybridized carbons (Fsp3) is 0.600. The minimum atomic E-state index is -0.108. The molecule has 0 atom stereocenters. The summed E-state index contributed by atoms with van der Waals surface area (Å²) >= 11 is 0. The molecule has 2 aromatic rings. The maximum absolute atomic E-state index is 11.1. The van der Waals surface area contributed by atoms with E-state index in [2.05, 4.69) is 79.7 Å². The van der Waals surface area contributed by atoms with Crippen molar-refractivity contribution in [3.8, 4) is 11.5 Å². The van der Waals surface area contributed by atoms with Crippen molar-refractivity contribution in [1.29, 1.82) is 0 Å². The van der Waals surface area contributed by atoms with Gasteiger partial charge in [0.2, 0.25) is 0 Å². The molecule has 0 saturated heterocycles. The number of phenols is 2. The third-order valence-electron chi connectivity index (χ3n) is 6.41. The Kier molecular flexibility index (Phi) is 8.85. The number of benzene rings is 2. The number of hydrogen-bond acceptors (Lipinski definition) is 2. The Morgan fingerprint density at radius 2 is 0.906 bits per heavy atom. The molecule has 2 rings (SSSR count). The molecule has 0 heterocycles. The number of unbranched alkanes of at least 4 members (excludes halogenated alkanes) is 2. The van der Waals surface area contributed by atoms with Crippen LogP contribution in [-0.4, -0.2) is 10.2 Å². The van der Waals surface area contributed by atoms with Gasteiger partial charge in [-0.1, -0.05) is 92.5 Å². The van der Waals surface area contributed by atoms with E-state index in [0.29, 0.717) is 11.5 Å². The van der Waals surface area contributed by atoms with Crippen LogP contribution in [0.1, 0.15) is 114 Å². The Labute approximate surface area is 197 Å². The summed E-state index contributed by atoms with van der Waals surface area (Å²) in [4.78, 5) is 0. The summed E-state index contributed by atoms with van der Waals surface area (Å²) in [5.41, 5.74) is 6.45. The standard InChI is InChI=1S/C30H46O2/c1-9-11-13-21-17-23(27(31)25(19-21)29(3,4)5)15-16-24-18-22(14-12-10-2)20-26(28(24)32)30(6,7)8/h17-20,31-32H,9-16H2,1-8H3. The zero-order valence-corrected chi connectivity index (χ0v) is 21.9. The van der Waals surface area contributed by atoms with E-state index in [4.69, 9.17) is 0 Å². The molecule has 0 bridgehead atoms. The molecule has 32 heavy (non-hydrogen) atoms. The summed E-state index contributed by atoms with van der Waals surface area (Å²) in [6.45, 7) is 17.4. The van der Waals surface area contributed by atoms with E-state index in [1.54, 1.807) is 0 Å². The van der Waals surface area contributed by atoms with Crippen molar-refractivity contribution in [1.82, 2.24) is 0 Å². The fourth-order valence-corrected chi connectivity index (χ4v) is 4.37. The monoisotopic (exact) mass is 438 g/mol. The first-order valence-corrected chi connectivity index (χ1v) is 12.6. The fourth-order valence-electron chi connectivity index (χ4n) is 4.37. The number of hydrogen-bond donors (Lipinski definition) is 2. The molecule has 0 fully saturated rings. The second-order valence-corrected chi connectivity index (χ2v) is 11.5. The molecule has 0 aliphatic rings. The number of aromatic hydroxyl groups is 2. The van der Waals surface area contributed by atoms with Gasteiger partial charge in [-0.05, 0) is 82.7 Å². The second kappa shape index (κ2) is 10.8. The molecule has 2 heteroatoms. The van der Waals surface area contributed by atoms with Crippen LogP contribution in [-0.2, 0) is 36.5 Å². The van der Waals surface area contributed by atoms with Crippen molar-refractivity contribution in [2.24, 2.45) is 0 Å². The highest BCUT2D eigenvalue weighted by molar-refractivity contribution is 5.50. The predicted octanol–water partition coefficient (Wildman–Crippen LogP) is 8.16. The van der Waals surface area contributed by atoms with Crippen LogP contribution in [0.25, 0.3) is 0 Å². The quantitative estimate of drug-likeness (QED) is 0.414. The van der Waals surface area contributed by atoms with Crippen molar-refractivity contribution in [3.63, 3.8) is 0 Å². The van der Waals surface area contributed by atoms with Gasteiger partial charge in [0.1, 0.15) is 11.5 Å². The van der Waals surface area contributed by atoms with Crippen molar-refractivity contribution in [2.45, 2.75) is 118 Å². The van der Waals surface area contributed by atoms with Gasteiger partial charge < -0.3 is 10.2 Å². The van der Waals surface area contributed by atoms with Crippen LogP contribution >= 0.6 is 0 Å². The highest BCUT2D eigenvalue weighted by Crippen LogP contribution is 2.38. The van der Waals surface area contributed by atoms with Gasteiger partial charge in [0.15, 0.2) is 0 Å². The van der Waals surface area contributed by atoms with Crippen LogP contribution in [0.2, 0.25) is 0 Å². The van der Waals surface area contributed by atoms with Crippen LogP contribution in [0, 0.1) is 0 Å². The van der Waals surface area contributed by atoms with Crippen LogP contribution in [0.3, 0.4) is 0 Å². The Morgan fingerprint density at radius 1 is 0.562 bits per heavy atom. The summed E-state index contributed by atoms with van der Waals surface area (Å²) < 4.78 is 0. The maximum atomic E-state index is 11.1. The molecule has 0 amide bonds. The molecule has 0 unspecified atom stereocenters. The Bertz CT molecular complexity index is 819. The van der Waals surface area contributed by atoms with E-state index in [1.807, 2.05) is 0 Å². The topological polar surface area (TPSA) is 40.5 Å². The van der Waals surface area contributed by atoms with Crippen LogP contribution < -0.4 is 0 Å².